The molecule has 72 valence electrons. The predicted molar refractivity (Wildman–Crippen MR) is 53.4 cm³/mol. The lowest BCUT2D eigenvalue weighted by Gasteiger charge is -1.97. The van der Waals surface area contributed by atoms with E-state index in [9.17, 15) is 9.59 Å². The van der Waals surface area contributed by atoms with Crippen LogP contribution in [0.15, 0.2) is 23.0 Å². The minimum atomic E-state index is -0.235. The Hall–Kier alpha value is -1.84. The highest BCUT2D eigenvalue weighted by Crippen LogP contribution is 2.13. The fourth-order valence-corrected chi connectivity index (χ4v) is 1.58. The molecule has 0 unspecified atom stereocenters. The highest BCUT2D eigenvalue weighted by Gasteiger charge is 2.06. The van der Waals surface area contributed by atoms with Gasteiger partial charge in [-0.05, 0) is 18.6 Å². The molecular weight excluding hydrogens is 180 g/mol. The molecule has 1 aromatic carbocycles. The van der Waals surface area contributed by atoms with Crippen molar-refractivity contribution in [2.75, 3.05) is 0 Å². The van der Waals surface area contributed by atoms with E-state index in [2.05, 4.69) is 4.98 Å². The molecule has 0 aliphatic carbocycles. The van der Waals surface area contributed by atoms with Crippen molar-refractivity contribution < 1.29 is 4.79 Å². The van der Waals surface area contributed by atoms with Crippen LogP contribution in [-0.2, 0) is 11.3 Å². The van der Waals surface area contributed by atoms with Crippen molar-refractivity contribution in [2.24, 2.45) is 0 Å². The smallest absolute Gasteiger partial charge is 0.305 e. The molecule has 0 saturated heterocycles. The Morgan fingerprint density at radius 3 is 3.00 bits per heavy atom. The fourth-order valence-electron chi connectivity index (χ4n) is 1.58. The van der Waals surface area contributed by atoms with Crippen LogP contribution in [0, 0.1) is 6.92 Å². The van der Waals surface area contributed by atoms with E-state index in [0.29, 0.717) is 0 Å². The Bertz CT molecular complexity index is 537. The first-order valence-corrected chi connectivity index (χ1v) is 4.36. The monoisotopic (exact) mass is 190 g/mol. The third-order valence-electron chi connectivity index (χ3n) is 2.28. The van der Waals surface area contributed by atoms with E-state index in [1.165, 1.54) is 4.57 Å². The minimum Gasteiger partial charge on any atom is -0.305 e. The molecule has 1 N–H and O–H groups in total. The highest BCUT2D eigenvalue weighted by molar-refractivity contribution is 5.79. The second-order valence-corrected chi connectivity index (χ2v) is 3.18. The van der Waals surface area contributed by atoms with Gasteiger partial charge in [-0.15, -0.1) is 0 Å². The number of H-pyrrole nitrogens is 1. The summed E-state index contributed by atoms with van der Waals surface area (Å²) >= 11 is 0. The zero-order valence-corrected chi connectivity index (χ0v) is 7.78. The average molecular weight is 190 g/mol. The minimum absolute atomic E-state index is 0.0995. The van der Waals surface area contributed by atoms with E-state index in [-0.39, 0.29) is 12.2 Å². The molecular formula is C10H10N2O2. The van der Waals surface area contributed by atoms with Crippen molar-refractivity contribution in [2.45, 2.75) is 13.5 Å². The number of carbonyl (C=O) groups is 1. The van der Waals surface area contributed by atoms with Crippen molar-refractivity contribution >= 4 is 17.3 Å². The van der Waals surface area contributed by atoms with Crippen molar-refractivity contribution in [3.63, 3.8) is 0 Å². The van der Waals surface area contributed by atoms with Gasteiger partial charge in [-0.1, -0.05) is 12.1 Å². The second-order valence-electron chi connectivity index (χ2n) is 3.18. The van der Waals surface area contributed by atoms with Crippen molar-refractivity contribution in [3.05, 3.63) is 34.2 Å². The summed E-state index contributed by atoms with van der Waals surface area (Å²) < 4.78 is 1.43. The van der Waals surface area contributed by atoms with E-state index in [4.69, 9.17) is 0 Å². The van der Waals surface area contributed by atoms with Gasteiger partial charge in [0, 0.05) is 0 Å². The number of nitrogens with one attached hydrogen (secondary N) is 1. The summed E-state index contributed by atoms with van der Waals surface area (Å²) in [5, 5.41) is 0. The Morgan fingerprint density at radius 1 is 1.50 bits per heavy atom. The van der Waals surface area contributed by atoms with Crippen LogP contribution >= 0.6 is 0 Å². The van der Waals surface area contributed by atoms with Gasteiger partial charge in [0.1, 0.15) is 6.29 Å². The maximum absolute atomic E-state index is 11.4. The molecule has 4 heteroatoms. The molecule has 0 saturated carbocycles. The molecule has 0 amide bonds. The maximum atomic E-state index is 11.4. The van der Waals surface area contributed by atoms with Gasteiger partial charge in [-0.2, -0.15) is 0 Å². The first-order chi connectivity index (χ1) is 6.74. The molecule has 0 aliphatic heterocycles. The molecule has 0 fully saturated rings. The Labute approximate surface area is 80.2 Å². The number of carbonyl (C=O) groups excluding carboxylic acids is 1. The van der Waals surface area contributed by atoms with Gasteiger partial charge >= 0.3 is 5.69 Å². The molecule has 0 spiro atoms. The van der Waals surface area contributed by atoms with Crippen LogP contribution in [-0.4, -0.2) is 15.8 Å². The van der Waals surface area contributed by atoms with E-state index in [1.807, 2.05) is 25.1 Å². The molecule has 1 aromatic heterocycles. The van der Waals surface area contributed by atoms with E-state index >= 15 is 0 Å². The van der Waals surface area contributed by atoms with Gasteiger partial charge in [0.2, 0.25) is 0 Å². The molecule has 2 aromatic rings. The van der Waals surface area contributed by atoms with Gasteiger partial charge in [-0.3, -0.25) is 4.57 Å². The Morgan fingerprint density at radius 2 is 2.29 bits per heavy atom. The number of fused-ring (bicyclic) bond motifs is 1. The fraction of sp³-hybridized carbons (Fsp3) is 0.200. The molecule has 0 atom stereocenters. The lowest BCUT2D eigenvalue weighted by Crippen LogP contribution is -2.17. The number of aldehydes is 1. The van der Waals surface area contributed by atoms with E-state index < -0.39 is 0 Å². The number of aromatic amines is 1. The van der Waals surface area contributed by atoms with Crippen LogP contribution in [0.3, 0.4) is 0 Å². The first-order valence-electron chi connectivity index (χ1n) is 4.36. The number of para-hydroxylation sites is 1. The van der Waals surface area contributed by atoms with Crippen LogP contribution in [0.4, 0.5) is 0 Å². The number of rotatable bonds is 2. The molecule has 0 aliphatic rings. The lowest BCUT2D eigenvalue weighted by molar-refractivity contribution is -0.108. The molecule has 0 radical (unpaired) electrons. The third-order valence-corrected chi connectivity index (χ3v) is 2.28. The normalized spacial score (nSPS) is 10.6. The summed E-state index contributed by atoms with van der Waals surface area (Å²) in [6.45, 7) is 2.02. The van der Waals surface area contributed by atoms with Gasteiger partial charge in [0.05, 0.1) is 17.6 Å². The number of aryl methyl sites for hydroxylation is 1. The van der Waals surface area contributed by atoms with Gasteiger partial charge in [0.15, 0.2) is 0 Å². The Kier molecular flexibility index (Phi) is 1.96. The molecule has 1 heterocycles. The first kappa shape index (κ1) is 8.74. The molecule has 0 bridgehead atoms. The highest BCUT2D eigenvalue weighted by atomic mass is 16.1. The number of hydrogen-bond donors (Lipinski definition) is 1. The number of hydrogen-bond acceptors (Lipinski definition) is 2. The summed E-state index contributed by atoms with van der Waals surface area (Å²) in [5.41, 5.74) is 2.35. The van der Waals surface area contributed by atoms with Gasteiger partial charge in [-0.25, -0.2) is 4.79 Å². The number of benzene rings is 1. The number of aromatic nitrogens is 2. The van der Waals surface area contributed by atoms with Crippen LogP contribution in [0.2, 0.25) is 0 Å². The van der Waals surface area contributed by atoms with Crippen molar-refractivity contribution in [1.82, 2.24) is 9.55 Å². The molecule has 4 nitrogen and oxygen atoms in total. The summed E-state index contributed by atoms with van der Waals surface area (Å²) in [7, 11) is 0. The predicted octanol–water partition coefficient (Wildman–Crippen LogP) is 0.837. The summed E-state index contributed by atoms with van der Waals surface area (Å²) in [6, 6.07) is 5.61. The zero-order chi connectivity index (χ0) is 10.1. The van der Waals surface area contributed by atoms with E-state index in [0.717, 1.165) is 22.9 Å². The van der Waals surface area contributed by atoms with Crippen LogP contribution in [0.5, 0.6) is 0 Å². The SMILES string of the molecule is Cc1cccc2c1[nH]c(=O)n2CC=O. The van der Waals surface area contributed by atoms with Gasteiger partial charge in [0.25, 0.3) is 0 Å². The quantitative estimate of drug-likeness (QED) is 0.713. The maximum Gasteiger partial charge on any atom is 0.326 e. The van der Waals surface area contributed by atoms with Gasteiger partial charge < -0.3 is 9.78 Å². The summed E-state index contributed by atoms with van der Waals surface area (Å²) in [6.07, 6.45) is 0.719. The number of imidazole rings is 1. The second kappa shape index (κ2) is 3.14. The Balaban J connectivity index is 2.83. The van der Waals surface area contributed by atoms with Crippen molar-refractivity contribution in [1.29, 1.82) is 0 Å². The van der Waals surface area contributed by atoms with Crippen LogP contribution < -0.4 is 5.69 Å². The molecule has 14 heavy (non-hydrogen) atoms. The average Bonchev–Trinajstić information content (AvgIpc) is 2.47. The summed E-state index contributed by atoms with van der Waals surface area (Å²) in [5.74, 6) is 0. The lowest BCUT2D eigenvalue weighted by atomic mass is 10.2. The van der Waals surface area contributed by atoms with Crippen molar-refractivity contribution in [3.8, 4) is 0 Å². The van der Waals surface area contributed by atoms with E-state index in [1.54, 1.807) is 0 Å². The standard InChI is InChI=1S/C10H10N2O2/c1-7-3-2-4-8-9(7)11-10(14)12(8)5-6-13/h2-4,6H,5H2,1H3,(H,11,14). The summed E-state index contributed by atoms with van der Waals surface area (Å²) in [4.78, 5) is 24.5. The zero-order valence-electron chi connectivity index (χ0n) is 7.78. The van der Waals surface area contributed by atoms with Crippen LogP contribution in [0.25, 0.3) is 11.0 Å². The third kappa shape index (κ3) is 1.16. The topological polar surface area (TPSA) is 54.9 Å². The number of nitrogens with zero attached hydrogens (tertiary/aromatic N) is 1. The largest absolute Gasteiger partial charge is 0.326 e. The van der Waals surface area contributed by atoms with Crippen LogP contribution in [0.1, 0.15) is 5.56 Å². The molecule has 2 rings (SSSR count).